The Morgan fingerprint density at radius 2 is 1.11 bits per heavy atom. The summed E-state index contributed by atoms with van der Waals surface area (Å²) in [5.74, 6) is 3.08. The van der Waals surface area contributed by atoms with E-state index < -0.39 is 0 Å². The summed E-state index contributed by atoms with van der Waals surface area (Å²) < 4.78 is 5.05. The van der Waals surface area contributed by atoms with Gasteiger partial charge < -0.3 is 9.13 Å². The summed E-state index contributed by atoms with van der Waals surface area (Å²) in [6, 6.07) is 18.0. The molecule has 3 aliphatic rings. The average molecular weight is 352 g/mol. The number of para-hydroxylation sites is 2. The van der Waals surface area contributed by atoms with Gasteiger partial charge in [0.2, 0.25) is 0 Å². The van der Waals surface area contributed by atoms with E-state index in [9.17, 15) is 0 Å². The van der Waals surface area contributed by atoms with E-state index in [1.807, 2.05) is 0 Å². The molecule has 2 nitrogen and oxygen atoms in total. The highest BCUT2D eigenvalue weighted by atomic mass is 15.0. The largest absolute Gasteiger partial charge is 0.347 e. The summed E-state index contributed by atoms with van der Waals surface area (Å²) in [6.45, 7) is 0. The Morgan fingerprint density at radius 1 is 0.667 bits per heavy atom. The van der Waals surface area contributed by atoms with E-state index in [0.717, 1.165) is 11.8 Å². The lowest BCUT2D eigenvalue weighted by Crippen LogP contribution is -2.14. The third-order valence-electron chi connectivity index (χ3n) is 8.09. The smallest absolute Gasteiger partial charge is 0.0482 e. The Hall–Kier alpha value is -2.48. The number of aromatic nitrogens is 2. The fourth-order valence-corrected chi connectivity index (χ4v) is 7.26. The zero-order valence-electron chi connectivity index (χ0n) is 15.9. The highest BCUT2D eigenvalue weighted by Crippen LogP contribution is 2.64. The van der Waals surface area contributed by atoms with Gasteiger partial charge in [0.15, 0.2) is 0 Å². The van der Waals surface area contributed by atoms with Gasteiger partial charge in [0, 0.05) is 59.1 Å². The molecule has 1 saturated carbocycles. The number of rotatable bonds is 0. The van der Waals surface area contributed by atoms with Gasteiger partial charge in [-0.25, -0.2) is 0 Å². The van der Waals surface area contributed by atoms with Gasteiger partial charge >= 0.3 is 0 Å². The van der Waals surface area contributed by atoms with Gasteiger partial charge in [0.05, 0.1) is 0 Å². The normalized spacial score (nSPS) is 27.9. The summed E-state index contributed by atoms with van der Waals surface area (Å²) in [5, 5.41) is 2.99. The first-order valence-electron chi connectivity index (χ1n) is 10.4. The quantitative estimate of drug-likeness (QED) is 0.407. The zero-order chi connectivity index (χ0) is 17.9. The summed E-state index contributed by atoms with van der Waals surface area (Å²) in [5.41, 5.74) is 9.42. The molecule has 4 unspecified atom stereocenters. The third-order valence-corrected chi connectivity index (χ3v) is 8.09. The summed E-state index contributed by atoms with van der Waals surface area (Å²) in [6.07, 6.45) is 3.97. The maximum Gasteiger partial charge on any atom is 0.0482 e. The van der Waals surface area contributed by atoms with E-state index in [2.05, 4.69) is 71.8 Å². The van der Waals surface area contributed by atoms with Crippen molar-refractivity contribution in [1.29, 1.82) is 0 Å². The molecule has 134 valence electrons. The van der Waals surface area contributed by atoms with E-state index in [-0.39, 0.29) is 0 Å². The second-order valence-corrected chi connectivity index (χ2v) is 9.10. The molecule has 4 atom stereocenters. The van der Waals surface area contributed by atoms with Crippen molar-refractivity contribution in [3.63, 3.8) is 0 Å². The molecule has 0 bridgehead atoms. The van der Waals surface area contributed by atoms with Crippen LogP contribution >= 0.6 is 0 Å². The van der Waals surface area contributed by atoms with Gasteiger partial charge in [-0.3, -0.25) is 0 Å². The van der Waals surface area contributed by atoms with Crippen molar-refractivity contribution < 1.29 is 0 Å². The summed E-state index contributed by atoms with van der Waals surface area (Å²) in [4.78, 5) is 0. The number of benzene rings is 2. The van der Waals surface area contributed by atoms with Crippen molar-refractivity contribution in [3.8, 4) is 0 Å². The minimum atomic E-state index is 0.701. The third kappa shape index (κ3) is 1.56. The van der Waals surface area contributed by atoms with Crippen molar-refractivity contribution in [1.82, 2.24) is 9.13 Å². The Morgan fingerprint density at radius 3 is 1.59 bits per heavy atom. The highest BCUT2D eigenvalue weighted by molar-refractivity contribution is 5.88. The Labute approximate surface area is 159 Å². The maximum atomic E-state index is 2.53. The molecular formula is C25H24N2. The Kier molecular flexibility index (Phi) is 2.52. The molecule has 2 heteroatoms. The first kappa shape index (κ1) is 14.6. The first-order chi connectivity index (χ1) is 13.2. The molecule has 2 aromatic carbocycles. The van der Waals surface area contributed by atoms with E-state index in [0.29, 0.717) is 11.8 Å². The van der Waals surface area contributed by atoms with Gasteiger partial charge in [-0.15, -0.1) is 0 Å². The molecule has 4 aromatic rings. The predicted molar refractivity (Wildman–Crippen MR) is 110 cm³/mol. The van der Waals surface area contributed by atoms with Crippen LogP contribution in [-0.2, 0) is 26.9 Å². The van der Waals surface area contributed by atoms with Crippen LogP contribution in [0, 0.1) is 11.8 Å². The molecule has 0 N–H and O–H groups in total. The maximum absolute atomic E-state index is 2.53. The first-order valence-corrected chi connectivity index (χ1v) is 10.4. The molecule has 27 heavy (non-hydrogen) atoms. The fourth-order valence-electron chi connectivity index (χ4n) is 7.26. The number of nitrogens with zero attached hydrogens (tertiary/aromatic N) is 2. The highest BCUT2D eigenvalue weighted by Gasteiger charge is 2.54. The second-order valence-electron chi connectivity index (χ2n) is 9.10. The van der Waals surface area contributed by atoms with Crippen LogP contribution in [-0.4, -0.2) is 9.13 Å². The van der Waals surface area contributed by atoms with E-state index in [1.54, 1.807) is 22.5 Å². The molecule has 0 amide bonds. The van der Waals surface area contributed by atoms with Crippen LogP contribution in [0.4, 0.5) is 0 Å². The molecule has 1 fully saturated rings. The topological polar surface area (TPSA) is 9.86 Å². The van der Waals surface area contributed by atoms with Gasteiger partial charge in [-0.05, 0) is 54.4 Å². The Balaban J connectivity index is 1.48. The molecule has 2 aromatic heterocycles. The monoisotopic (exact) mass is 352 g/mol. The Bertz CT molecular complexity index is 1160. The summed E-state index contributed by atoms with van der Waals surface area (Å²) >= 11 is 0. The van der Waals surface area contributed by atoms with Crippen molar-refractivity contribution in [3.05, 3.63) is 71.0 Å². The number of aryl methyl sites for hydroxylation is 2. The minimum Gasteiger partial charge on any atom is -0.347 e. The fraction of sp³-hybridized carbons (Fsp3) is 0.360. The van der Waals surface area contributed by atoms with Crippen molar-refractivity contribution in [2.45, 2.75) is 31.1 Å². The number of hydrogen-bond donors (Lipinski definition) is 0. The molecule has 2 heterocycles. The van der Waals surface area contributed by atoms with E-state index in [4.69, 9.17) is 0 Å². The molecule has 3 aliphatic carbocycles. The molecule has 0 saturated heterocycles. The van der Waals surface area contributed by atoms with Crippen LogP contribution in [0.2, 0.25) is 0 Å². The lowest BCUT2D eigenvalue weighted by molar-refractivity contribution is 0.477. The van der Waals surface area contributed by atoms with Gasteiger partial charge in [-0.2, -0.15) is 0 Å². The molecule has 7 rings (SSSR count). The average Bonchev–Trinajstić information content (AvgIpc) is 3.43. The lowest BCUT2D eigenvalue weighted by Gasteiger charge is -2.22. The van der Waals surface area contributed by atoms with Crippen LogP contribution in [0.3, 0.4) is 0 Å². The van der Waals surface area contributed by atoms with Crippen LogP contribution in [0.15, 0.2) is 48.5 Å². The number of fused-ring (bicyclic) bond motifs is 11. The number of hydrogen-bond acceptors (Lipinski definition) is 0. The van der Waals surface area contributed by atoms with Gasteiger partial charge in [0.25, 0.3) is 0 Å². The van der Waals surface area contributed by atoms with Gasteiger partial charge in [-0.1, -0.05) is 36.4 Å². The summed E-state index contributed by atoms with van der Waals surface area (Å²) in [7, 11) is 4.60. The lowest BCUT2D eigenvalue weighted by atomic mass is 9.88. The van der Waals surface area contributed by atoms with Gasteiger partial charge in [0.1, 0.15) is 0 Å². The van der Waals surface area contributed by atoms with Crippen LogP contribution in [0.1, 0.15) is 40.8 Å². The van der Waals surface area contributed by atoms with E-state index in [1.165, 1.54) is 41.1 Å². The van der Waals surface area contributed by atoms with Crippen LogP contribution < -0.4 is 0 Å². The SMILES string of the molecule is Cn1c2c(c3ccccc31)CC1CC3Cc4c(n(C)c5ccccc45)C3C21. The van der Waals surface area contributed by atoms with Crippen LogP contribution in [0.25, 0.3) is 21.8 Å². The van der Waals surface area contributed by atoms with Crippen LogP contribution in [0.5, 0.6) is 0 Å². The van der Waals surface area contributed by atoms with E-state index >= 15 is 0 Å². The van der Waals surface area contributed by atoms with Crippen molar-refractivity contribution in [2.24, 2.45) is 25.9 Å². The standard InChI is InChI=1S/C25H24N2/c1-26-20-9-5-3-7-16(20)18-12-14-11-15-13-19-17-8-4-6-10-21(17)27(2)25(19)23(15)22(14)24(18)26/h3-10,14-15,22-23H,11-13H2,1-2H3. The molecule has 0 radical (unpaired) electrons. The molecular weight excluding hydrogens is 328 g/mol. The second kappa shape index (κ2) is 4.67. The van der Waals surface area contributed by atoms with Crippen molar-refractivity contribution >= 4 is 21.8 Å². The minimum absolute atomic E-state index is 0.701. The van der Waals surface area contributed by atoms with Crippen molar-refractivity contribution in [2.75, 3.05) is 0 Å². The zero-order valence-corrected chi connectivity index (χ0v) is 15.9. The molecule has 0 spiro atoms. The molecule has 0 aliphatic heterocycles. The predicted octanol–water partition coefficient (Wildman–Crippen LogP) is 5.29.